The highest BCUT2D eigenvalue weighted by Crippen LogP contribution is 2.37. The molecule has 3 unspecified atom stereocenters. The van der Waals surface area contributed by atoms with Crippen LogP contribution in [-0.2, 0) is 23.8 Å². The summed E-state index contributed by atoms with van der Waals surface area (Å²) in [7, 11) is 0. The first-order valence-electron chi connectivity index (χ1n) is 8.39. The average Bonchev–Trinajstić information content (AvgIpc) is 3.10. The van der Waals surface area contributed by atoms with E-state index in [2.05, 4.69) is 10.2 Å². The van der Waals surface area contributed by atoms with Gasteiger partial charge in [0.15, 0.2) is 5.69 Å². The second-order valence-corrected chi connectivity index (χ2v) is 6.88. The Morgan fingerprint density at radius 3 is 2.88 bits per heavy atom. The number of hydrogen-bond donors (Lipinski definition) is 2. The van der Waals surface area contributed by atoms with Crippen LogP contribution < -0.4 is 0 Å². The highest BCUT2D eigenvalue weighted by atomic mass is 19.4. The number of aromatic nitrogens is 2. The van der Waals surface area contributed by atoms with Crippen molar-refractivity contribution in [3.63, 3.8) is 0 Å². The van der Waals surface area contributed by atoms with E-state index >= 15 is 0 Å². The molecule has 0 radical (unpaired) electrons. The molecule has 3 atom stereocenters. The lowest BCUT2D eigenvalue weighted by Crippen LogP contribution is -2.42. The molecule has 1 aliphatic heterocycles. The van der Waals surface area contributed by atoms with Crippen LogP contribution in [0, 0.1) is 5.92 Å². The van der Waals surface area contributed by atoms with Gasteiger partial charge in [0, 0.05) is 29.8 Å². The number of amides is 1. The van der Waals surface area contributed by atoms with Gasteiger partial charge in [-0.25, -0.2) is 0 Å². The molecule has 134 valence electrons. The first kappa shape index (κ1) is 17.3. The summed E-state index contributed by atoms with van der Waals surface area (Å²) in [6, 6.07) is -0.00895. The standard InChI is InChI=1S/C16H22F3N3O2/c1-9(23)7-11-3-2-6-22(11)15(24)10-4-5-13-12(8-10)14(21-20-13)16(17,18)19/h9-11,23H,2-8H2,1H3,(H,20,21). The Morgan fingerprint density at radius 1 is 1.46 bits per heavy atom. The largest absolute Gasteiger partial charge is 0.435 e. The number of nitrogens with zero attached hydrogens (tertiary/aromatic N) is 2. The molecule has 24 heavy (non-hydrogen) atoms. The summed E-state index contributed by atoms with van der Waals surface area (Å²) in [5.41, 5.74) is -0.261. The number of nitrogens with one attached hydrogen (secondary N) is 1. The molecule has 3 rings (SSSR count). The maximum atomic E-state index is 13.0. The molecule has 0 aromatic carbocycles. The average molecular weight is 345 g/mol. The highest BCUT2D eigenvalue weighted by Gasteiger charge is 2.42. The maximum absolute atomic E-state index is 13.0. The van der Waals surface area contributed by atoms with Gasteiger partial charge in [-0.05, 0) is 45.4 Å². The minimum absolute atomic E-state index is 0.00895. The van der Waals surface area contributed by atoms with Gasteiger partial charge in [0.1, 0.15) is 0 Å². The molecule has 5 nitrogen and oxygen atoms in total. The number of aromatic amines is 1. The van der Waals surface area contributed by atoms with Gasteiger partial charge in [-0.15, -0.1) is 0 Å². The zero-order chi connectivity index (χ0) is 17.5. The number of halogens is 3. The molecule has 0 spiro atoms. The Balaban J connectivity index is 1.75. The second-order valence-electron chi connectivity index (χ2n) is 6.88. The van der Waals surface area contributed by atoms with Crippen LogP contribution in [0.1, 0.15) is 49.6 Å². The molecule has 8 heteroatoms. The zero-order valence-electron chi connectivity index (χ0n) is 13.6. The number of carbonyl (C=O) groups is 1. The number of aliphatic hydroxyl groups excluding tert-OH is 1. The van der Waals surface area contributed by atoms with Gasteiger partial charge >= 0.3 is 6.18 Å². The fourth-order valence-electron chi connectivity index (χ4n) is 3.94. The molecule has 1 aromatic rings. The summed E-state index contributed by atoms with van der Waals surface area (Å²) in [5, 5.41) is 15.5. The van der Waals surface area contributed by atoms with Crippen LogP contribution in [0.5, 0.6) is 0 Å². The van der Waals surface area contributed by atoms with E-state index in [1.54, 1.807) is 11.8 Å². The van der Waals surface area contributed by atoms with Crippen molar-refractivity contribution < 1.29 is 23.1 Å². The maximum Gasteiger partial charge on any atom is 0.435 e. The molecule has 0 saturated carbocycles. The number of H-pyrrole nitrogens is 1. The lowest BCUT2D eigenvalue weighted by molar-refractivity contribution is -0.143. The number of likely N-dealkylation sites (tertiary alicyclic amines) is 1. The van der Waals surface area contributed by atoms with E-state index in [1.807, 2.05) is 0 Å². The van der Waals surface area contributed by atoms with Crippen LogP contribution in [0.25, 0.3) is 0 Å². The fourth-order valence-corrected chi connectivity index (χ4v) is 3.94. The third-order valence-corrected chi connectivity index (χ3v) is 5.04. The summed E-state index contributed by atoms with van der Waals surface area (Å²) in [4.78, 5) is 14.6. The van der Waals surface area contributed by atoms with Crippen molar-refractivity contribution in [2.24, 2.45) is 5.92 Å². The van der Waals surface area contributed by atoms with E-state index in [0.29, 0.717) is 31.5 Å². The molecular weight excluding hydrogens is 323 g/mol. The minimum atomic E-state index is -4.50. The number of hydrogen-bond acceptors (Lipinski definition) is 3. The number of carbonyl (C=O) groups excluding carboxylic acids is 1. The first-order valence-corrected chi connectivity index (χ1v) is 8.39. The number of alkyl halides is 3. The molecule has 1 aromatic heterocycles. The molecular formula is C16H22F3N3O2. The van der Waals surface area contributed by atoms with Crippen molar-refractivity contribution in [1.29, 1.82) is 0 Å². The van der Waals surface area contributed by atoms with Gasteiger partial charge in [-0.3, -0.25) is 9.89 Å². The Bertz CT molecular complexity index is 612. The third kappa shape index (κ3) is 3.29. The molecule has 1 aliphatic carbocycles. The second kappa shape index (κ2) is 6.38. The molecule has 0 bridgehead atoms. The third-order valence-electron chi connectivity index (χ3n) is 5.04. The number of rotatable bonds is 3. The first-order chi connectivity index (χ1) is 11.3. The van der Waals surface area contributed by atoms with Gasteiger partial charge in [0.05, 0.1) is 6.10 Å². The Hall–Kier alpha value is -1.57. The molecule has 1 amide bonds. The number of fused-ring (bicyclic) bond motifs is 1. The van der Waals surface area contributed by atoms with Crippen molar-refractivity contribution in [3.8, 4) is 0 Å². The van der Waals surface area contributed by atoms with Crippen molar-refractivity contribution in [1.82, 2.24) is 15.1 Å². The van der Waals surface area contributed by atoms with Gasteiger partial charge in [0.2, 0.25) is 5.91 Å². The fraction of sp³-hybridized carbons (Fsp3) is 0.750. The van der Waals surface area contributed by atoms with Gasteiger partial charge < -0.3 is 10.0 Å². The van der Waals surface area contributed by atoms with Crippen molar-refractivity contribution >= 4 is 5.91 Å². The minimum Gasteiger partial charge on any atom is -0.393 e. The van der Waals surface area contributed by atoms with Gasteiger partial charge in [-0.1, -0.05) is 0 Å². The molecule has 2 N–H and O–H groups in total. The highest BCUT2D eigenvalue weighted by molar-refractivity contribution is 5.80. The van der Waals surface area contributed by atoms with Crippen LogP contribution in [0.3, 0.4) is 0 Å². The van der Waals surface area contributed by atoms with Gasteiger partial charge in [0.25, 0.3) is 0 Å². The predicted octanol–water partition coefficient (Wildman–Crippen LogP) is 2.30. The Labute approximate surface area is 138 Å². The van der Waals surface area contributed by atoms with E-state index in [4.69, 9.17) is 0 Å². The molecule has 2 aliphatic rings. The molecule has 1 fully saturated rings. The van der Waals surface area contributed by atoms with E-state index in [-0.39, 0.29) is 23.9 Å². The smallest absolute Gasteiger partial charge is 0.393 e. The van der Waals surface area contributed by atoms with Crippen LogP contribution in [0.2, 0.25) is 0 Å². The van der Waals surface area contributed by atoms with E-state index < -0.39 is 23.9 Å². The van der Waals surface area contributed by atoms with Crippen LogP contribution in [0.15, 0.2) is 0 Å². The van der Waals surface area contributed by atoms with E-state index in [1.165, 1.54) is 0 Å². The predicted molar refractivity (Wildman–Crippen MR) is 80.1 cm³/mol. The normalized spacial score (nSPS) is 25.6. The van der Waals surface area contributed by atoms with Crippen LogP contribution in [0.4, 0.5) is 13.2 Å². The summed E-state index contributed by atoms with van der Waals surface area (Å²) < 4.78 is 39.1. The zero-order valence-corrected chi connectivity index (χ0v) is 13.6. The number of aryl methyl sites for hydroxylation is 1. The summed E-state index contributed by atoms with van der Waals surface area (Å²) in [6.45, 7) is 2.31. The lowest BCUT2D eigenvalue weighted by Gasteiger charge is -2.31. The lowest BCUT2D eigenvalue weighted by atomic mass is 9.85. The van der Waals surface area contributed by atoms with Crippen molar-refractivity contribution in [2.75, 3.05) is 6.54 Å². The Kier molecular flexibility index (Phi) is 4.59. The van der Waals surface area contributed by atoms with Gasteiger partial charge in [-0.2, -0.15) is 18.3 Å². The van der Waals surface area contributed by atoms with Crippen molar-refractivity contribution in [3.05, 3.63) is 17.0 Å². The summed E-state index contributed by atoms with van der Waals surface area (Å²) in [5.74, 6) is -0.524. The number of aliphatic hydroxyl groups is 1. The Morgan fingerprint density at radius 2 is 2.21 bits per heavy atom. The van der Waals surface area contributed by atoms with Crippen LogP contribution in [-0.4, -0.2) is 44.8 Å². The van der Waals surface area contributed by atoms with Crippen molar-refractivity contribution in [2.45, 2.75) is 63.8 Å². The molecule has 2 heterocycles. The van der Waals surface area contributed by atoms with Crippen LogP contribution >= 0.6 is 0 Å². The monoisotopic (exact) mass is 345 g/mol. The van der Waals surface area contributed by atoms with E-state index in [9.17, 15) is 23.1 Å². The molecule has 1 saturated heterocycles. The van der Waals surface area contributed by atoms with E-state index in [0.717, 1.165) is 12.8 Å². The summed E-state index contributed by atoms with van der Waals surface area (Å²) in [6.07, 6.45) is -1.74. The summed E-state index contributed by atoms with van der Waals surface area (Å²) >= 11 is 0. The SMILES string of the molecule is CC(O)CC1CCCN1C(=O)C1CCc2[nH]nc(C(F)(F)F)c2C1. The quantitative estimate of drug-likeness (QED) is 0.883. The topological polar surface area (TPSA) is 69.2 Å².